The van der Waals surface area contributed by atoms with E-state index in [0.717, 1.165) is 23.4 Å². The zero-order valence-electron chi connectivity index (χ0n) is 17.5. The topological polar surface area (TPSA) is 106 Å². The molecule has 0 saturated heterocycles. The van der Waals surface area contributed by atoms with Crippen molar-refractivity contribution in [3.05, 3.63) is 105 Å². The van der Waals surface area contributed by atoms with Crippen LogP contribution in [0.4, 0.5) is 11.5 Å². The summed E-state index contributed by atoms with van der Waals surface area (Å²) in [6.07, 6.45) is 2.16. The number of carbonyl (C=O) groups excluding carboxylic acids is 1. The number of carbonyl (C=O) groups is 1. The summed E-state index contributed by atoms with van der Waals surface area (Å²) in [7, 11) is 0. The number of anilines is 1. The van der Waals surface area contributed by atoms with E-state index in [1.54, 1.807) is 6.92 Å². The summed E-state index contributed by atoms with van der Waals surface area (Å²) in [5, 5.41) is 21.5. The molecular formula is C24H23N3O5. The van der Waals surface area contributed by atoms with Gasteiger partial charge in [0.25, 0.3) is 5.69 Å². The van der Waals surface area contributed by atoms with E-state index in [1.807, 2.05) is 65.6 Å². The smallest absolute Gasteiger partial charge is 0.373 e. The highest BCUT2D eigenvalue weighted by atomic mass is 16.6. The first-order valence-electron chi connectivity index (χ1n) is 10.0. The highest BCUT2D eigenvalue weighted by Crippen LogP contribution is 2.27. The molecule has 164 valence electrons. The fraction of sp³-hybridized carbons (Fsp3) is 0.167. The van der Waals surface area contributed by atoms with E-state index in [1.165, 1.54) is 6.07 Å². The molecule has 3 aromatic rings. The number of hydrogen-bond acceptors (Lipinski definition) is 7. The zero-order chi connectivity index (χ0) is 22.9. The minimum atomic E-state index is -0.953. The molecule has 0 amide bonds. The molecule has 0 aliphatic rings. The lowest BCUT2D eigenvalue weighted by Crippen LogP contribution is -2.23. The molecule has 0 radical (unpaired) electrons. The average molecular weight is 433 g/mol. The second kappa shape index (κ2) is 10.7. The lowest BCUT2D eigenvalue weighted by molar-refractivity contribution is -0.385. The molecule has 0 unspecified atom stereocenters. The van der Waals surface area contributed by atoms with E-state index in [-0.39, 0.29) is 17.9 Å². The van der Waals surface area contributed by atoms with Crippen LogP contribution in [0.25, 0.3) is 6.08 Å². The van der Waals surface area contributed by atoms with Crippen molar-refractivity contribution in [3.8, 4) is 0 Å². The summed E-state index contributed by atoms with van der Waals surface area (Å²) in [4.78, 5) is 28.9. The quantitative estimate of drug-likeness (QED) is 0.172. The van der Waals surface area contributed by atoms with Crippen molar-refractivity contribution < 1.29 is 19.6 Å². The molecule has 2 aromatic carbocycles. The number of aliphatic hydroxyl groups excluding tert-OH is 1. The maximum Gasteiger partial charge on any atom is 0.373 e. The van der Waals surface area contributed by atoms with Gasteiger partial charge in [0.05, 0.1) is 17.1 Å². The first-order chi connectivity index (χ1) is 15.5. The third-order valence-electron chi connectivity index (χ3n) is 4.63. The van der Waals surface area contributed by atoms with Crippen LogP contribution in [0.15, 0.2) is 78.7 Å². The second-order valence-electron chi connectivity index (χ2n) is 6.94. The first-order valence-corrected chi connectivity index (χ1v) is 10.0. The molecule has 1 heterocycles. The van der Waals surface area contributed by atoms with Crippen LogP contribution in [0.2, 0.25) is 0 Å². The number of ether oxygens (including phenoxy) is 1. The lowest BCUT2D eigenvalue weighted by Gasteiger charge is -2.24. The highest BCUT2D eigenvalue weighted by Gasteiger charge is 2.20. The summed E-state index contributed by atoms with van der Waals surface area (Å²) in [6, 6.07) is 21.0. The largest absolute Gasteiger partial charge is 0.502 e. The van der Waals surface area contributed by atoms with E-state index >= 15 is 0 Å². The van der Waals surface area contributed by atoms with Crippen LogP contribution in [0.1, 0.15) is 23.6 Å². The predicted octanol–water partition coefficient (Wildman–Crippen LogP) is 4.66. The Bertz CT molecular complexity index is 1060. The molecule has 0 spiro atoms. The summed E-state index contributed by atoms with van der Waals surface area (Å²) in [6.45, 7) is 2.69. The van der Waals surface area contributed by atoms with Crippen LogP contribution >= 0.6 is 0 Å². The van der Waals surface area contributed by atoms with Gasteiger partial charge in [-0.15, -0.1) is 0 Å². The SMILES string of the molecule is CCOC(=O)/C(O)=C\c1cc(N(Cc2ccccc2)Cc2ccccc2)ncc1[N+](=O)[O-]. The predicted molar refractivity (Wildman–Crippen MR) is 121 cm³/mol. The fourth-order valence-electron chi connectivity index (χ4n) is 3.13. The van der Waals surface area contributed by atoms with Gasteiger partial charge in [-0.2, -0.15) is 0 Å². The Morgan fingerprint density at radius 3 is 2.16 bits per heavy atom. The van der Waals surface area contributed by atoms with Gasteiger partial charge in [0, 0.05) is 19.2 Å². The molecular weight excluding hydrogens is 410 g/mol. The summed E-state index contributed by atoms with van der Waals surface area (Å²) in [5.74, 6) is -1.21. The molecule has 1 N–H and O–H groups in total. The van der Waals surface area contributed by atoms with E-state index in [9.17, 15) is 20.0 Å². The Morgan fingerprint density at radius 1 is 1.09 bits per heavy atom. The monoisotopic (exact) mass is 433 g/mol. The molecule has 0 fully saturated rings. The molecule has 0 saturated carbocycles. The number of pyridine rings is 1. The number of nitrogens with zero attached hydrogens (tertiary/aromatic N) is 3. The van der Waals surface area contributed by atoms with Gasteiger partial charge in [0.15, 0.2) is 0 Å². The average Bonchev–Trinajstić information content (AvgIpc) is 2.80. The number of aromatic nitrogens is 1. The number of aliphatic hydroxyl groups is 1. The molecule has 0 atom stereocenters. The van der Waals surface area contributed by atoms with Crippen molar-refractivity contribution in [2.75, 3.05) is 11.5 Å². The summed E-state index contributed by atoms with van der Waals surface area (Å²) >= 11 is 0. The molecule has 1 aromatic heterocycles. The van der Waals surface area contributed by atoms with Crippen molar-refractivity contribution >= 4 is 23.6 Å². The Labute approximate surface area is 185 Å². The zero-order valence-corrected chi connectivity index (χ0v) is 17.5. The van der Waals surface area contributed by atoms with Gasteiger partial charge in [0.1, 0.15) is 12.0 Å². The standard InChI is InChI=1S/C24H23N3O5/c1-2-32-24(29)22(28)13-20-14-23(25-15-21(20)27(30)31)26(16-18-9-5-3-6-10-18)17-19-11-7-4-8-12-19/h3-15,28H,2,16-17H2,1H3/b22-13+. The normalized spacial score (nSPS) is 11.1. The van der Waals surface area contributed by atoms with Crippen LogP contribution in [0, 0.1) is 10.1 Å². The van der Waals surface area contributed by atoms with Crippen molar-refractivity contribution in [2.45, 2.75) is 20.0 Å². The maximum atomic E-state index is 11.8. The summed E-state index contributed by atoms with van der Waals surface area (Å²) in [5.41, 5.74) is 1.80. The molecule has 0 aliphatic heterocycles. The first kappa shape index (κ1) is 22.5. The second-order valence-corrected chi connectivity index (χ2v) is 6.94. The lowest BCUT2D eigenvalue weighted by atomic mass is 10.1. The fourth-order valence-corrected chi connectivity index (χ4v) is 3.13. The van der Waals surface area contributed by atoms with Crippen LogP contribution in [0.3, 0.4) is 0 Å². The van der Waals surface area contributed by atoms with Gasteiger partial charge in [0.2, 0.25) is 5.76 Å². The molecule has 3 rings (SSSR count). The van der Waals surface area contributed by atoms with Crippen molar-refractivity contribution in [1.29, 1.82) is 0 Å². The maximum absolute atomic E-state index is 11.8. The number of esters is 1. The van der Waals surface area contributed by atoms with E-state index in [2.05, 4.69) is 4.98 Å². The minimum absolute atomic E-state index is 0.0525. The van der Waals surface area contributed by atoms with Gasteiger partial charge in [-0.3, -0.25) is 10.1 Å². The summed E-state index contributed by atoms with van der Waals surface area (Å²) < 4.78 is 4.76. The third kappa shape index (κ3) is 5.91. The molecule has 8 nitrogen and oxygen atoms in total. The molecule has 0 bridgehead atoms. The van der Waals surface area contributed by atoms with Crippen LogP contribution in [-0.4, -0.2) is 27.6 Å². The van der Waals surface area contributed by atoms with Gasteiger partial charge in [-0.25, -0.2) is 9.78 Å². The van der Waals surface area contributed by atoms with Crippen molar-refractivity contribution in [2.24, 2.45) is 0 Å². The number of nitro groups is 1. The van der Waals surface area contributed by atoms with Gasteiger partial charge < -0.3 is 14.7 Å². The number of hydrogen-bond donors (Lipinski definition) is 1. The van der Waals surface area contributed by atoms with E-state index in [0.29, 0.717) is 18.9 Å². The van der Waals surface area contributed by atoms with Crippen molar-refractivity contribution in [3.63, 3.8) is 0 Å². The molecule has 0 aliphatic carbocycles. The van der Waals surface area contributed by atoms with E-state index < -0.39 is 16.7 Å². The molecule has 8 heteroatoms. The van der Waals surface area contributed by atoms with Gasteiger partial charge in [-0.1, -0.05) is 60.7 Å². The number of benzene rings is 2. The van der Waals surface area contributed by atoms with Gasteiger partial charge in [-0.05, 0) is 24.1 Å². The Hall–Kier alpha value is -4.20. The highest BCUT2D eigenvalue weighted by molar-refractivity contribution is 5.91. The van der Waals surface area contributed by atoms with E-state index in [4.69, 9.17) is 4.74 Å². The Kier molecular flexibility index (Phi) is 7.53. The minimum Gasteiger partial charge on any atom is -0.502 e. The Morgan fingerprint density at radius 2 is 1.66 bits per heavy atom. The Balaban J connectivity index is 2.02. The molecule has 32 heavy (non-hydrogen) atoms. The van der Waals surface area contributed by atoms with Crippen LogP contribution in [0.5, 0.6) is 0 Å². The number of rotatable bonds is 9. The third-order valence-corrected chi connectivity index (χ3v) is 4.63. The van der Waals surface area contributed by atoms with Crippen molar-refractivity contribution in [1.82, 2.24) is 4.98 Å². The van der Waals surface area contributed by atoms with Gasteiger partial charge >= 0.3 is 5.97 Å². The van der Waals surface area contributed by atoms with Crippen LogP contribution in [-0.2, 0) is 22.6 Å². The van der Waals surface area contributed by atoms with Crippen LogP contribution < -0.4 is 4.90 Å².